The third kappa shape index (κ3) is 7.92. The van der Waals surface area contributed by atoms with Gasteiger partial charge in [-0.1, -0.05) is 66.9 Å². The third-order valence-corrected chi connectivity index (χ3v) is 9.95. The van der Waals surface area contributed by atoms with E-state index in [0.717, 1.165) is 35.6 Å². The summed E-state index contributed by atoms with van der Waals surface area (Å²) in [6.07, 6.45) is 3.73. The Kier molecular flexibility index (Phi) is 10.4. The second-order valence-electron chi connectivity index (χ2n) is 11.5. The summed E-state index contributed by atoms with van der Waals surface area (Å²) in [5.74, 6) is -0.457. The Morgan fingerprint density at radius 3 is 2.13 bits per heavy atom. The number of nitrogens with zero attached hydrogens (tertiary/aromatic N) is 2. The Bertz CT molecular complexity index is 1740. The number of anilines is 1. The van der Waals surface area contributed by atoms with E-state index in [1.54, 1.807) is 73.7 Å². The minimum absolute atomic E-state index is 0.00295. The van der Waals surface area contributed by atoms with Crippen LogP contribution in [0.15, 0.2) is 108 Å². The number of hydrogen-bond donors (Lipinski definition) is 1. The molecule has 1 aliphatic rings. The molecule has 0 heterocycles. The molecule has 0 unspecified atom stereocenters. The lowest BCUT2D eigenvalue weighted by atomic mass is 10.1. The predicted octanol–water partition coefficient (Wildman–Crippen LogP) is 6.60. The highest BCUT2D eigenvalue weighted by atomic mass is 32.2. The number of amides is 2. The molecule has 1 fully saturated rings. The van der Waals surface area contributed by atoms with Crippen molar-refractivity contribution in [3.8, 4) is 11.5 Å². The molecule has 0 aliphatic heterocycles. The molecular weight excluding hydrogens is 605 g/mol. The van der Waals surface area contributed by atoms with Crippen molar-refractivity contribution >= 4 is 27.5 Å². The van der Waals surface area contributed by atoms with Crippen LogP contribution >= 0.6 is 0 Å². The first kappa shape index (κ1) is 32.7. The Morgan fingerprint density at radius 2 is 1.48 bits per heavy atom. The van der Waals surface area contributed by atoms with Gasteiger partial charge in [0.2, 0.25) is 11.8 Å². The summed E-state index contributed by atoms with van der Waals surface area (Å²) in [6.45, 7) is 2.59. The van der Waals surface area contributed by atoms with Gasteiger partial charge >= 0.3 is 0 Å². The number of halogens is 1. The fourth-order valence-corrected chi connectivity index (χ4v) is 6.87. The maximum absolute atomic E-state index is 14.8. The first-order valence-electron chi connectivity index (χ1n) is 15.4. The van der Waals surface area contributed by atoms with Gasteiger partial charge in [-0.15, -0.1) is 0 Å². The number of para-hydroxylation sites is 1. The average molecular weight is 644 g/mol. The summed E-state index contributed by atoms with van der Waals surface area (Å²) in [5.41, 5.74) is 1.32. The monoisotopic (exact) mass is 643 g/mol. The summed E-state index contributed by atoms with van der Waals surface area (Å²) in [5, 5.41) is 3.01. The van der Waals surface area contributed by atoms with Crippen LogP contribution in [-0.4, -0.2) is 43.8 Å². The van der Waals surface area contributed by atoms with E-state index in [4.69, 9.17) is 4.74 Å². The molecule has 1 aliphatic carbocycles. The lowest BCUT2D eigenvalue weighted by molar-refractivity contribution is -0.139. The maximum atomic E-state index is 14.8. The number of rotatable bonds is 12. The van der Waals surface area contributed by atoms with Gasteiger partial charge in [-0.3, -0.25) is 13.9 Å². The highest BCUT2D eigenvalue weighted by Gasteiger charge is 2.33. The van der Waals surface area contributed by atoms with Gasteiger partial charge in [0.25, 0.3) is 10.0 Å². The largest absolute Gasteiger partial charge is 0.457 e. The van der Waals surface area contributed by atoms with Crippen molar-refractivity contribution in [2.75, 3.05) is 10.8 Å². The summed E-state index contributed by atoms with van der Waals surface area (Å²) in [4.78, 5) is 28.8. The molecule has 46 heavy (non-hydrogen) atoms. The number of aryl methyl sites for hydroxylation is 1. The second-order valence-corrected chi connectivity index (χ2v) is 13.4. The molecule has 1 saturated carbocycles. The van der Waals surface area contributed by atoms with Crippen molar-refractivity contribution < 1.29 is 27.1 Å². The minimum Gasteiger partial charge on any atom is -0.457 e. The van der Waals surface area contributed by atoms with E-state index in [2.05, 4.69) is 5.32 Å². The molecule has 5 rings (SSSR count). The topological polar surface area (TPSA) is 96.0 Å². The first-order valence-corrected chi connectivity index (χ1v) is 16.8. The SMILES string of the molecule is Cc1ccc(S(=O)(=O)N(CC(=O)N(Cc2ccccc2F)[C@@H](C)C(=O)NC2CCCC2)c2ccc(Oc3ccccc3)cc2)cc1. The number of ether oxygens (including phenoxy) is 1. The van der Waals surface area contributed by atoms with Crippen molar-refractivity contribution in [3.05, 3.63) is 120 Å². The molecule has 8 nitrogen and oxygen atoms in total. The molecule has 0 aromatic heterocycles. The molecule has 0 bridgehead atoms. The molecule has 1 N–H and O–H groups in total. The number of nitrogens with one attached hydrogen (secondary N) is 1. The van der Waals surface area contributed by atoms with Crippen molar-refractivity contribution in [2.45, 2.75) is 63.1 Å². The number of carbonyl (C=O) groups is 2. The van der Waals surface area contributed by atoms with Crippen molar-refractivity contribution in [1.29, 1.82) is 0 Å². The maximum Gasteiger partial charge on any atom is 0.264 e. The highest BCUT2D eigenvalue weighted by Crippen LogP contribution is 2.29. The molecule has 2 amide bonds. The Balaban J connectivity index is 1.47. The van der Waals surface area contributed by atoms with Gasteiger partial charge in [0.05, 0.1) is 10.6 Å². The van der Waals surface area contributed by atoms with Crippen LogP contribution in [0.4, 0.5) is 10.1 Å². The first-order chi connectivity index (χ1) is 22.1. The summed E-state index contributed by atoms with van der Waals surface area (Å²) < 4.78 is 49.9. The Labute approximate surface area is 269 Å². The molecule has 0 spiro atoms. The number of carbonyl (C=O) groups excluding carboxylic acids is 2. The van der Waals surface area contributed by atoms with Gasteiger partial charge in [0.15, 0.2) is 0 Å². The Morgan fingerprint density at radius 1 is 0.870 bits per heavy atom. The Hall–Kier alpha value is -4.70. The third-order valence-electron chi connectivity index (χ3n) is 8.16. The van der Waals surface area contributed by atoms with E-state index in [1.165, 1.54) is 23.1 Å². The van der Waals surface area contributed by atoms with Crippen LogP contribution in [0, 0.1) is 12.7 Å². The predicted molar refractivity (Wildman–Crippen MR) is 175 cm³/mol. The lowest BCUT2D eigenvalue weighted by Crippen LogP contribution is -2.52. The number of hydrogen-bond acceptors (Lipinski definition) is 5. The van der Waals surface area contributed by atoms with Gasteiger partial charge < -0.3 is 15.0 Å². The molecule has 10 heteroatoms. The standard InChI is InChI=1S/C36H38FN3O5S/c1-26-16-22-33(23-17-26)46(43,44)40(30-18-20-32(21-19-30)45-31-13-4-3-5-14-31)25-35(41)39(24-28-10-6-9-15-34(28)37)27(2)36(42)38-29-11-7-8-12-29/h3-6,9-10,13-23,27,29H,7-8,11-12,24-25H2,1-2H3,(H,38,42)/t27-/m0/s1. The van der Waals surface area contributed by atoms with E-state index < -0.39 is 34.3 Å². The molecule has 0 saturated heterocycles. The van der Waals surface area contributed by atoms with Crippen LogP contribution in [0.5, 0.6) is 11.5 Å². The molecule has 4 aromatic carbocycles. The van der Waals surface area contributed by atoms with E-state index in [-0.39, 0.29) is 34.6 Å². The van der Waals surface area contributed by atoms with Crippen LogP contribution in [0.1, 0.15) is 43.7 Å². The van der Waals surface area contributed by atoms with E-state index in [0.29, 0.717) is 11.5 Å². The van der Waals surface area contributed by atoms with Gasteiger partial charge in [-0.05, 0) is 81.3 Å². The number of benzene rings is 4. The second kappa shape index (κ2) is 14.6. The molecular formula is C36H38FN3O5S. The van der Waals surface area contributed by atoms with Crippen molar-refractivity contribution in [3.63, 3.8) is 0 Å². The summed E-state index contributed by atoms with van der Waals surface area (Å²) in [7, 11) is -4.25. The fourth-order valence-electron chi connectivity index (χ4n) is 5.46. The normalized spacial score (nSPS) is 14.0. The molecule has 0 radical (unpaired) electrons. The van der Waals surface area contributed by atoms with Gasteiger partial charge in [-0.25, -0.2) is 12.8 Å². The van der Waals surface area contributed by atoms with Crippen molar-refractivity contribution in [2.24, 2.45) is 0 Å². The summed E-state index contributed by atoms with van der Waals surface area (Å²) in [6, 6.07) is 26.9. The van der Waals surface area contributed by atoms with Crippen molar-refractivity contribution in [1.82, 2.24) is 10.2 Å². The highest BCUT2D eigenvalue weighted by molar-refractivity contribution is 7.92. The zero-order valence-electron chi connectivity index (χ0n) is 25.9. The van der Waals surface area contributed by atoms with E-state index >= 15 is 0 Å². The summed E-state index contributed by atoms with van der Waals surface area (Å²) >= 11 is 0. The van der Waals surface area contributed by atoms with Crippen LogP contribution in [-0.2, 0) is 26.2 Å². The number of sulfonamides is 1. The van der Waals surface area contributed by atoms with E-state index in [1.807, 2.05) is 25.1 Å². The van der Waals surface area contributed by atoms with Gasteiger partial charge in [0.1, 0.15) is 29.9 Å². The molecule has 1 atom stereocenters. The molecule has 240 valence electrons. The molecule has 4 aromatic rings. The fraction of sp³-hybridized carbons (Fsp3) is 0.278. The van der Waals surface area contributed by atoms with Crippen LogP contribution in [0.2, 0.25) is 0 Å². The van der Waals surface area contributed by atoms with Crippen LogP contribution in [0.3, 0.4) is 0 Å². The zero-order chi connectivity index (χ0) is 32.7. The van der Waals surface area contributed by atoms with Crippen LogP contribution < -0.4 is 14.4 Å². The lowest BCUT2D eigenvalue weighted by Gasteiger charge is -2.32. The quantitative estimate of drug-likeness (QED) is 0.188. The minimum atomic E-state index is -4.25. The van der Waals surface area contributed by atoms with E-state index in [9.17, 15) is 22.4 Å². The van der Waals surface area contributed by atoms with Gasteiger partial charge in [0, 0.05) is 18.2 Å². The average Bonchev–Trinajstić information content (AvgIpc) is 3.57. The van der Waals surface area contributed by atoms with Crippen LogP contribution in [0.25, 0.3) is 0 Å². The smallest absolute Gasteiger partial charge is 0.264 e. The zero-order valence-corrected chi connectivity index (χ0v) is 26.8. The van der Waals surface area contributed by atoms with Gasteiger partial charge in [-0.2, -0.15) is 0 Å².